The van der Waals surface area contributed by atoms with Crippen LogP contribution in [-0.2, 0) is 14.8 Å². The SMILES string of the molecule is C[C@@H](O)[C@H]([NH3+])C(=O)NS(=O)(=O)c1cccc(-c2ccc3[nH]ncc3c2)c1. The van der Waals surface area contributed by atoms with Gasteiger partial charge in [-0.1, -0.05) is 18.2 Å². The van der Waals surface area contributed by atoms with Crippen molar-refractivity contribution >= 4 is 26.8 Å². The molecule has 9 heteroatoms. The van der Waals surface area contributed by atoms with E-state index in [0.717, 1.165) is 16.5 Å². The van der Waals surface area contributed by atoms with Gasteiger partial charge >= 0.3 is 0 Å². The van der Waals surface area contributed by atoms with Crippen LogP contribution in [0.2, 0.25) is 0 Å². The Labute approximate surface area is 150 Å². The van der Waals surface area contributed by atoms with Gasteiger partial charge in [-0.15, -0.1) is 0 Å². The monoisotopic (exact) mass is 375 g/mol. The molecule has 26 heavy (non-hydrogen) atoms. The maximum Gasteiger partial charge on any atom is 0.294 e. The van der Waals surface area contributed by atoms with E-state index >= 15 is 0 Å². The molecule has 2 aromatic carbocycles. The number of aromatic amines is 1. The Bertz CT molecular complexity index is 1060. The first-order valence-corrected chi connectivity index (χ1v) is 9.37. The van der Waals surface area contributed by atoms with E-state index in [0.29, 0.717) is 5.56 Å². The Balaban J connectivity index is 1.92. The van der Waals surface area contributed by atoms with Gasteiger partial charge in [-0.25, -0.2) is 13.1 Å². The lowest BCUT2D eigenvalue weighted by molar-refractivity contribution is -0.419. The van der Waals surface area contributed by atoms with Crippen LogP contribution < -0.4 is 10.5 Å². The third-order valence-electron chi connectivity index (χ3n) is 4.07. The molecule has 0 saturated carbocycles. The topological polar surface area (TPSA) is 140 Å². The number of aliphatic hydroxyl groups is 1. The highest BCUT2D eigenvalue weighted by Crippen LogP contribution is 2.25. The second kappa shape index (κ2) is 6.87. The van der Waals surface area contributed by atoms with Gasteiger partial charge in [0.25, 0.3) is 15.9 Å². The number of quaternary nitrogens is 1. The van der Waals surface area contributed by atoms with Crippen molar-refractivity contribution in [2.75, 3.05) is 0 Å². The molecule has 1 aromatic heterocycles. The Hall–Kier alpha value is -2.75. The van der Waals surface area contributed by atoms with Crippen molar-refractivity contribution in [1.82, 2.24) is 14.9 Å². The second-order valence-corrected chi connectivity index (χ2v) is 7.70. The number of hydrogen-bond acceptors (Lipinski definition) is 5. The van der Waals surface area contributed by atoms with E-state index < -0.39 is 28.1 Å². The maximum atomic E-state index is 12.5. The molecule has 8 nitrogen and oxygen atoms in total. The number of nitrogens with zero attached hydrogens (tertiary/aromatic N) is 1. The van der Waals surface area contributed by atoms with Crippen LogP contribution in [0, 0.1) is 0 Å². The summed E-state index contributed by atoms with van der Waals surface area (Å²) < 4.78 is 26.9. The molecule has 3 aromatic rings. The number of H-pyrrole nitrogens is 1. The molecule has 3 rings (SSSR count). The number of rotatable bonds is 5. The van der Waals surface area contributed by atoms with Crippen molar-refractivity contribution in [2.45, 2.75) is 24.0 Å². The van der Waals surface area contributed by atoms with Gasteiger partial charge in [-0.3, -0.25) is 9.89 Å². The number of aromatic nitrogens is 2. The minimum atomic E-state index is -4.07. The zero-order valence-electron chi connectivity index (χ0n) is 14.0. The summed E-state index contributed by atoms with van der Waals surface area (Å²) in [7, 11) is -4.07. The van der Waals surface area contributed by atoms with E-state index in [1.807, 2.05) is 22.9 Å². The molecule has 0 radical (unpaired) electrons. The fourth-order valence-corrected chi connectivity index (χ4v) is 3.53. The van der Waals surface area contributed by atoms with Gasteiger partial charge in [0, 0.05) is 5.39 Å². The highest BCUT2D eigenvalue weighted by molar-refractivity contribution is 7.90. The minimum absolute atomic E-state index is 0.0477. The summed E-state index contributed by atoms with van der Waals surface area (Å²) in [5, 5.41) is 17.1. The Morgan fingerprint density at radius 3 is 2.69 bits per heavy atom. The van der Waals surface area contributed by atoms with Crippen LogP contribution in [0.15, 0.2) is 53.6 Å². The largest absolute Gasteiger partial charge is 0.387 e. The summed E-state index contributed by atoms with van der Waals surface area (Å²) in [6.45, 7) is 1.37. The fourth-order valence-electron chi connectivity index (χ4n) is 2.45. The van der Waals surface area contributed by atoms with Gasteiger partial charge < -0.3 is 10.8 Å². The first-order chi connectivity index (χ1) is 12.3. The normalized spacial score (nSPS) is 14.1. The molecule has 6 N–H and O–H groups in total. The molecule has 0 aliphatic rings. The highest BCUT2D eigenvalue weighted by atomic mass is 32.2. The average molecular weight is 375 g/mol. The minimum Gasteiger partial charge on any atom is -0.387 e. The fraction of sp³-hybridized carbons (Fsp3) is 0.176. The van der Waals surface area contributed by atoms with Gasteiger partial charge in [0.05, 0.1) is 16.6 Å². The van der Waals surface area contributed by atoms with Crippen molar-refractivity contribution in [2.24, 2.45) is 0 Å². The van der Waals surface area contributed by atoms with Crippen molar-refractivity contribution in [3.8, 4) is 11.1 Å². The van der Waals surface area contributed by atoms with Crippen LogP contribution in [0.1, 0.15) is 6.92 Å². The number of carbonyl (C=O) groups excluding carboxylic acids is 1. The average Bonchev–Trinajstić information content (AvgIpc) is 3.08. The van der Waals surface area contributed by atoms with E-state index in [9.17, 15) is 18.3 Å². The predicted molar refractivity (Wildman–Crippen MR) is 95.2 cm³/mol. The van der Waals surface area contributed by atoms with Gasteiger partial charge in [0.2, 0.25) is 0 Å². The molecular formula is C17H19N4O4S+. The third kappa shape index (κ3) is 3.59. The number of carbonyl (C=O) groups is 1. The summed E-state index contributed by atoms with van der Waals surface area (Å²) in [4.78, 5) is 11.9. The molecule has 0 aliphatic carbocycles. The standard InChI is InChI=1S/C17H18N4O4S/c1-10(22)16(18)17(23)21-26(24,25)14-4-2-3-11(8-14)12-5-6-15-13(7-12)9-19-20-15/h2-10,16,22H,18H2,1H3,(H,19,20)(H,21,23)/p+1/t10-,16+/m1/s1. The number of fused-ring (bicyclic) bond motifs is 1. The molecule has 2 atom stereocenters. The molecule has 0 saturated heterocycles. The molecule has 0 unspecified atom stereocenters. The Morgan fingerprint density at radius 1 is 1.23 bits per heavy atom. The van der Waals surface area contributed by atoms with E-state index in [-0.39, 0.29) is 4.90 Å². The smallest absolute Gasteiger partial charge is 0.294 e. The number of nitrogens with one attached hydrogen (secondary N) is 2. The predicted octanol–water partition coefficient (Wildman–Crippen LogP) is 0.0261. The quantitative estimate of drug-likeness (QED) is 0.498. The van der Waals surface area contributed by atoms with Gasteiger partial charge in [0.15, 0.2) is 6.04 Å². The summed E-state index contributed by atoms with van der Waals surface area (Å²) in [6, 6.07) is 10.8. The molecule has 0 bridgehead atoms. The number of hydrogen-bond donors (Lipinski definition) is 4. The number of benzene rings is 2. The van der Waals surface area contributed by atoms with Crippen molar-refractivity contribution in [3.63, 3.8) is 0 Å². The lowest BCUT2D eigenvalue weighted by Crippen LogP contribution is -2.72. The van der Waals surface area contributed by atoms with Gasteiger partial charge in [-0.2, -0.15) is 5.10 Å². The summed E-state index contributed by atoms with van der Waals surface area (Å²) in [5.74, 6) is -0.856. The van der Waals surface area contributed by atoms with Crippen molar-refractivity contribution in [1.29, 1.82) is 0 Å². The lowest BCUT2D eigenvalue weighted by atomic mass is 10.0. The molecule has 1 heterocycles. The molecule has 0 fully saturated rings. The lowest BCUT2D eigenvalue weighted by Gasteiger charge is -2.13. The van der Waals surface area contributed by atoms with Crippen molar-refractivity contribution < 1.29 is 24.1 Å². The van der Waals surface area contributed by atoms with Crippen LogP contribution in [-0.4, -0.2) is 41.8 Å². The van der Waals surface area contributed by atoms with Crippen LogP contribution in [0.5, 0.6) is 0 Å². The molecule has 0 aliphatic heterocycles. The van der Waals surface area contributed by atoms with Crippen LogP contribution >= 0.6 is 0 Å². The van der Waals surface area contributed by atoms with Crippen LogP contribution in [0.3, 0.4) is 0 Å². The summed E-state index contributed by atoms with van der Waals surface area (Å²) in [5.41, 5.74) is 5.85. The van der Waals surface area contributed by atoms with E-state index in [1.165, 1.54) is 19.1 Å². The first-order valence-electron chi connectivity index (χ1n) is 7.89. The summed E-state index contributed by atoms with van der Waals surface area (Å²) in [6.07, 6.45) is 0.627. The number of amides is 1. The van der Waals surface area contributed by atoms with E-state index in [2.05, 4.69) is 15.9 Å². The zero-order valence-corrected chi connectivity index (χ0v) is 14.8. The van der Waals surface area contributed by atoms with E-state index in [1.54, 1.807) is 18.3 Å². The van der Waals surface area contributed by atoms with Crippen molar-refractivity contribution in [3.05, 3.63) is 48.7 Å². The Kier molecular flexibility index (Phi) is 4.77. The Morgan fingerprint density at radius 2 is 1.96 bits per heavy atom. The summed E-state index contributed by atoms with van der Waals surface area (Å²) >= 11 is 0. The second-order valence-electron chi connectivity index (χ2n) is 6.02. The molecule has 136 valence electrons. The molecular weight excluding hydrogens is 356 g/mol. The number of aliphatic hydroxyl groups excluding tert-OH is 1. The molecule has 0 spiro atoms. The van der Waals surface area contributed by atoms with Crippen LogP contribution in [0.4, 0.5) is 0 Å². The third-order valence-corrected chi connectivity index (χ3v) is 5.42. The first kappa shape index (κ1) is 18.1. The zero-order chi connectivity index (χ0) is 18.9. The maximum absolute atomic E-state index is 12.5. The van der Waals surface area contributed by atoms with Gasteiger partial charge in [-0.05, 0) is 42.3 Å². The van der Waals surface area contributed by atoms with E-state index in [4.69, 9.17) is 0 Å². The molecule has 1 amide bonds. The highest BCUT2D eigenvalue weighted by Gasteiger charge is 2.27. The number of sulfonamides is 1. The van der Waals surface area contributed by atoms with Gasteiger partial charge in [0.1, 0.15) is 6.10 Å². The van der Waals surface area contributed by atoms with Crippen LogP contribution in [0.25, 0.3) is 22.0 Å².